The standard InChI is InChI=1S/C14H8O2/c15-12-7-3-5-10-8-9-4-1-2-6-11(9)14(16)13(10)12/h1-8H. The fourth-order valence-corrected chi connectivity index (χ4v) is 2.04. The molecule has 0 spiro atoms. The Morgan fingerprint density at radius 2 is 1.69 bits per heavy atom. The fraction of sp³-hybridized carbons (Fsp3) is 0. The molecule has 0 heterocycles. The van der Waals surface area contributed by atoms with Crippen molar-refractivity contribution in [3.63, 3.8) is 0 Å². The Balaban J connectivity index is 2.27. The average molecular weight is 208 g/mol. The van der Waals surface area contributed by atoms with Gasteiger partial charge in [-0.25, -0.2) is 0 Å². The molecule has 76 valence electrons. The summed E-state index contributed by atoms with van der Waals surface area (Å²) in [5, 5.41) is 11.6. The van der Waals surface area contributed by atoms with E-state index in [1.807, 2.05) is 24.6 Å². The van der Waals surface area contributed by atoms with E-state index in [-0.39, 0.29) is 11.5 Å². The van der Waals surface area contributed by atoms with Crippen molar-refractivity contribution in [2.24, 2.45) is 0 Å². The molecular weight excluding hydrogens is 200 g/mol. The van der Waals surface area contributed by atoms with Gasteiger partial charge in [-0.05, 0) is 24.3 Å². The number of carbonyl (C=O) groups excluding carboxylic acids is 1. The summed E-state index contributed by atoms with van der Waals surface area (Å²) in [6.07, 6.45) is 1.88. The summed E-state index contributed by atoms with van der Waals surface area (Å²) >= 11 is 0. The van der Waals surface area contributed by atoms with Crippen molar-refractivity contribution in [1.82, 2.24) is 0 Å². The molecule has 0 radical (unpaired) electrons. The lowest BCUT2D eigenvalue weighted by Gasteiger charge is -2.16. The number of ketones is 1. The molecule has 0 atom stereocenters. The van der Waals surface area contributed by atoms with Crippen LogP contribution in [0.3, 0.4) is 0 Å². The fourth-order valence-electron chi connectivity index (χ4n) is 2.04. The largest absolute Gasteiger partial charge is 0.866 e. The second-order valence-electron chi connectivity index (χ2n) is 3.78. The first-order valence-electron chi connectivity index (χ1n) is 5.06. The highest BCUT2D eigenvalue weighted by Crippen LogP contribution is 2.32. The van der Waals surface area contributed by atoms with Gasteiger partial charge in [0.25, 0.3) is 5.78 Å². The van der Waals surface area contributed by atoms with Crippen LogP contribution in [0.15, 0.2) is 42.5 Å². The predicted octanol–water partition coefficient (Wildman–Crippen LogP) is 1.91. The van der Waals surface area contributed by atoms with Gasteiger partial charge in [-0.1, -0.05) is 11.8 Å². The van der Waals surface area contributed by atoms with Gasteiger partial charge < -0.3 is 5.11 Å². The molecule has 0 unspecified atom stereocenters. The molecule has 0 bridgehead atoms. The Labute approximate surface area is 93.2 Å². The Hall–Kier alpha value is -2.22. The minimum absolute atomic E-state index is 0.168. The second-order valence-corrected chi connectivity index (χ2v) is 3.78. The molecule has 0 aliphatic heterocycles. The van der Waals surface area contributed by atoms with Crippen LogP contribution < -0.4 is 5.11 Å². The molecule has 1 aliphatic rings. The maximum absolute atomic E-state index is 12.1. The highest BCUT2D eigenvalue weighted by molar-refractivity contribution is 6.14. The first kappa shape index (κ1) is 9.04. The van der Waals surface area contributed by atoms with Crippen molar-refractivity contribution in [2.45, 2.75) is 0 Å². The molecular formula is C14H8O2. The van der Waals surface area contributed by atoms with Crippen LogP contribution >= 0.6 is 0 Å². The van der Waals surface area contributed by atoms with E-state index in [1.54, 1.807) is 18.2 Å². The molecule has 2 nitrogen and oxygen atoms in total. The van der Waals surface area contributed by atoms with Crippen LogP contribution in [0.25, 0.3) is 0 Å². The Bertz CT molecular complexity index is 585. The number of carbonyl (C=O) groups is 1. The molecule has 0 saturated heterocycles. The van der Waals surface area contributed by atoms with Gasteiger partial charge in [0.05, 0.1) is 16.7 Å². The van der Waals surface area contributed by atoms with E-state index in [0.29, 0.717) is 11.1 Å². The Morgan fingerprint density at radius 3 is 2.56 bits per heavy atom. The molecule has 1 aliphatic carbocycles. The number of fused-ring (bicyclic) bond motifs is 2. The van der Waals surface area contributed by atoms with Gasteiger partial charge >= 0.3 is 0 Å². The summed E-state index contributed by atoms with van der Waals surface area (Å²) in [6.45, 7) is 0. The van der Waals surface area contributed by atoms with Gasteiger partial charge in [-0.2, -0.15) is 0 Å². The zero-order valence-electron chi connectivity index (χ0n) is 8.44. The highest BCUT2D eigenvalue weighted by Gasteiger charge is 2.29. The third kappa shape index (κ3) is 1.13. The van der Waals surface area contributed by atoms with E-state index in [9.17, 15) is 9.90 Å². The zero-order valence-corrected chi connectivity index (χ0v) is 8.44. The van der Waals surface area contributed by atoms with Crippen LogP contribution in [0.1, 0.15) is 27.0 Å². The number of hydrogen-bond donors (Lipinski definition) is 0. The van der Waals surface area contributed by atoms with Gasteiger partial charge in [0, 0.05) is 18.6 Å². The number of benzene rings is 2. The van der Waals surface area contributed by atoms with E-state index >= 15 is 0 Å². The molecule has 0 N–H and O–H groups in total. The van der Waals surface area contributed by atoms with Crippen molar-refractivity contribution in [1.29, 1.82) is 0 Å². The van der Waals surface area contributed by atoms with E-state index in [4.69, 9.17) is 0 Å². The van der Waals surface area contributed by atoms with E-state index < -0.39 is 0 Å². The lowest BCUT2D eigenvalue weighted by atomic mass is 9.85. The molecule has 16 heavy (non-hydrogen) atoms. The summed E-state index contributed by atoms with van der Waals surface area (Å²) in [5.74, 6) is -0.369. The molecule has 0 amide bonds. The maximum atomic E-state index is 12.1. The Kier molecular flexibility index (Phi) is 1.77. The van der Waals surface area contributed by atoms with Crippen LogP contribution in [0.2, 0.25) is 0 Å². The van der Waals surface area contributed by atoms with E-state index in [1.165, 1.54) is 6.07 Å². The van der Waals surface area contributed by atoms with Crippen molar-refractivity contribution in [3.05, 3.63) is 71.1 Å². The monoisotopic (exact) mass is 208 g/mol. The molecule has 2 aromatic rings. The van der Waals surface area contributed by atoms with Gasteiger partial charge in [-0.3, -0.25) is 4.79 Å². The smallest absolute Gasteiger partial charge is 0.259 e. The van der Waals surface area contributed by atoms with Crippen molar-refractivity contribution >= 4 is 5.78 Å². The number of hydrogen-bond acceptors (Lipinski definition) is 2. The number of rotatable bonds is 0. The topological polar surface area (TPSA) is 40.1 Å². The van der Waals surface area contributed by atoms with Crippen LogP contribution in [0.5, 0.6) is 5.75 Å². The molecule has 0 aromatic heterocycles. The zero-order chi connectivity index (χ0) is 11.1. The lowest BCUT2D eigenvalue weighted by molar-refractivity contribution is -0.268. The SMILES string of the molecule is O=C1c2ccccc2[CH+]c2cccc([O-])c21. The molecule has 2 aromatic carbocycles. The van der Waals surface area contributed by atoms with Gasteiger partial charge in [0.1, 0.15) is 5.56 Å². The summed E-state index contributed by atoms with van der Waals surface area (Å²) in [7, 11) is 0. The lowest BCUT2D eigenvalue weighted by Crippen LogP contribution is -2.16. The average Bonchev–Trinajstić information content (AvgIpc) is 2.29. The van der Waals surface area contributed by atoms with Crippen molar-refractivity contribution in [3.8, 4) is 5.75 Å². The first-order valence-corrected chi connectivity index (χ1v) is 5.06. The third-order valence-corrected chi connectivity index (χ3v) is 2.80. The Morgan fingerprint density at radius 1 is 0.938 bits per heavy atom. The second kappa shape index (κ2) is 3.14. The molecule has 0 saturated carbocycles. The molecule has 3 rings (SSSR count). The summed E-state index contributed by atoms with van der Waals surface area (Å²) < 4.78 is 0. The predicted molar refractivity (Wildman–Crippen MR) is 58.3 cm³/mol. The minimum atomic E-state index is -0.201. The van der Waals surface area contributed by atoms with Crippen molar-refractivity contribution < 1.29 is 9.90 Å². The van der Waals surface area contributed by atoms with Crippen LogP contribution in [0, 0.1) is 6.42 Å². The molecule has 0 fully saturated rings. The normalized spacial score (nSPS) is 12.6. The van der Waals surface area contributed by atoms with Gasteiger partial charge in [0.2, 0.25) is 0 Å². The van der Waals surface area contributed by atoms with Crippen molar-refractivity contribution in [2.75, 3.05) is 0 Å². The minimum Gasteiger partial charge on any atom is -0.866 e. The summed E-state index contributed by atoms with van der Waals surface area (Å²) in [4.78, 5) is 12.1. The highest BCUT2D eigenvalue weighted by atomic mass is 16.3. The first-order chi connectivity index (χ1) is 7.77. The third-order valence-electron chi connectivity index (χ3n) is 2.80. The van der Waals surface area contributed by atoms with Crippen LogP contribution in [-0.2, 0) is 0 Å². The summed E-state index contributed by atoms with van der Waals surface area (Å²) in [6, 6.07) is 12.2. The van der Waals surface area contributed by atoms with Gasteiger partial charge in [-0.15, -0.1) is 0 Å². The van der Waals surface area contributed by atoms with E-state index in [0.717, 1.165) is 11.1 Å². The summed E-state index contributed by atoms with van der Waals surface area (Å²) in [5.41, 5.74) is 2.50. The van der Waals surface area contributed by atoms with E-state index in [2.05, 4.69) is 0 Å². The van der Waals surface area contributed by atoms with Gasteiger partial charge in [0.15, 0.2) is 0 Å². The quantitative estimate of drug-likeness (QED) is 0.529. The van der Waals surface area contributed by atoms with Crippen LogP contribution in [0.4, 0.5) is 0 Å². The molecule has 2 heteroatoms. The maximum Gasteiger partial charge on any atom is 0.259 e. The van der Waals surface area contributed by atoms with Crippen LogP contribution in [-0.4, -0.2) is 5.78 Å².